The van der Waals surface area contributed by atoms with Crippen LogP contribution in [0, 0.1) is 17.0 Å². The molecule has 0 N–H and O–H groups in total. The van der Waals surface area contributed by atoms with Crippen LogP contribution >= 0.6 is 0 Å². The Morgan fingerprint density at radius 2 is 1.89 bits per heavy atom. The van der Waals surface area contributed by atoms with Crippen molar-refractivity contribution in [2.75, 3.05) is 0 Å². The van der Waals surface area contributed by atoms with Gasteiger partial charge in [-0.25, -0.2) is 0 Å². The fourth-order valence-electron chi connectivity index (χ4n) is 1.97. The summed E-state index contributed by atoms with van der Waals surface area (Å²) in [5, 5.41) is 10.8. The number of carbonyl (C=O) groups is 1. The van der Waals surface area contributed by atoms with Crippen LogP contribution in [0.5, 0.6) is 0 Å². The van der Waals surface area contributed by atoms with E-state index < -0.39 is 4.92 Å². The van der Waals surface area contributed by atoms with Crippen molar-refractivity contribution >= 4 is 11.5 Å². The van der Waals surface area contributed by atoms with E-state index in [1.54, 1.807) is 38.2 Å². The van der Waals surface area contributed by atoms with E-state index in [1.165, 1.54) is 10.8 Å². The largest absolute Gasteiger partial charge is 0.341 e. The zero-order chi connectivity index (χ0) is 13.3. The van der Waals surface area contributed by atoms with Crippen LogP contribution in [0.4, 0.5) is 5.69 Å². The third-order valence-corrected chi connectivity index (χ3v) is 2.86. The van der Waals surface area contributed by atoms with Crippen LogP contribution in [0.15, 0.2) is 36.5 Å². The normalized spacial score (nSPS) is 10.3. The molecule has 0 bridgehead atoms. The van der Waals surface area contributed by atoms with Crippen LogP contribution in [0.3, 0.4) is 0 Å². The van der Waals surface area contributed by atoms with Gasteiger partial charge in [0.05, 0.1) is 22.4 Å². The molecular weight excluding hydrogens is 232 g/mol. The van der Waals surface area contributed by atoms with E-state index in [0.717, 1.165) is 0 Å². The van der Waals surface area contributed by atoms with Crippen LogP contribution in [0.2, 0.25) is 0 Å². The number of hydrogen-bond acceptors (Lipinski definition) is 3. The summed E-state index contributed by atoms with van der Waals surface area (Å²) in [5.41, 5.74) is 1.25. The van der Waals surface area contributed by atoms with E-state index in [4.69, 9.17) is 0 Å². The second-order valence-corrected chi connectivity index (χ2v) is 4.05. The molecule has 0 aliphatic rings. The van der Waals surface area contributed by atoms with Crippen molar-refractivity contribution in [3.63, 3.8) is 0 Å². The number of ketones is 1. The van der Waals surface area contributed by atoms with Crippen LogP contribution in [0.1, 0.15) is 21.6 Å². The van der Waals surface area contributed by atoms with E-state index >= 15 is 0 Å². The van der Waals surface area contributed by atoms with Crippen LogP contribution in [-0.4, -0.2) is 15.3 Å². The molecule has 1 aromatic carbocycles. The average Bonchev–Trinajstić information content (AvgIpc) is 2.65. The third kappa shape index (κ3) is 1.90. The van der Waals surface area contributed by atoms with Gasteiger partial charge in [-0.05, 0) is 6.92 Å². The summed E-state index contributed by atoms with van der Waals surface area (Å²) in [6.07, 6.45) is 1.37. The van der Waals surface area contributed by atoms with Gasteiger partial charge in [-0.3, -0.25) is 14.9 Å². The minimum atomic E-state index is -0.475. The molecule has 0 atom stereocenters. The fraction of sp³-hybridized carbons (Fsp3) is 0.154. The van der Waals surface area contributed by atoms with E-state index in [0.29, 0.717) is 16.8 Å². The second-order valence-electron chi connectivity index (χ2n) is 4.05. The molecule has 92 valence electrons. The monoisotopic (exact) mass is 244 g/mol. The van der Waals surface area contributed by atoms with E-state index in [-0.39, 0.29) is 11.5 Å². The van der Waals surface area contributed by atoms with Crippen molar-refractivity contribution in [1.82, 2.24) is 4.57 Å². The van der Waals surface area contributed by atoms with Crippen molar-refractivity contribution in [2.24, 2.45) is 7.05 Å². The first-order chi connectivity index (χ1) is 8.52. The molecule has 2 aromatic rings. The van der Waals surface area contributed by atoms with Gasteiger partial charge in [-0.15, -0.1) is 0 Å². The third-order valence-electron chi connectivity index (χ3n) is 2.86. The number of carbonyl (C=O) groups excluding carboxylic acids is 1. The number of aryl methyl sites for hydroxylation is 1. The molecule has 0 aliphatic heterocycles. The maximum Gasteiger partial charge on any atom is 0.290 e. The molecule has 0 saturated carbocycles. The molecule has 5 heteroatoms. The highest BCUT2D eigenvalue weighted by Crippen LogP contribution is 2.25. The molecule has 0 radical (unpaired) electrons. The van der Waals surface area contributed by atoms with Gasteiger partial charge in [-0.1, -0.05) is 30.3 Å². The summed E-state index contributed by atoms with van der Waals surface area (Å²) in [5.74, 6) is -0.205. The molecule has 2 rings (SSSR count). The van der Waals surface area contributed by atoms with Gasteiger partial charge in [0.1, 0.15) is 0 Å². The van der Waals surface area contributed by atoms with Crippen LogP contribution < -0.4 is 0 Å². The molecule has 18 heavy (non-hydrogen) atoms. The van der Waals surface area contributed by atoms with Gasteiger partial charge in [-0.2, -0.15) is 0 Å². The highest BCUT2D eigenvalue weighted by atomic mass is 16.6. The lowest BCUT2D eigenvalue weighted by Gasteiger charge is -2.03. The van der Waals surface area contributed by atoms with Crippen molar-refractivity contribution in [2.45, 2.75) is 6.92 Å². The summed E-state index contributed by atoms with van der Waals surface area (Å²) >= 11 is 0. The van der Waals surface area contributed by atoms with Crippen molar-refractivity contribution in [3.05, 3.63) is 63.5 Å². The molecule has 0 amide bonds. The SMILES string of the molecule is Cc1c([N+](=O)[O-])cn(C)c1C(=O)c1ccccc1. The zero-order valence-electron chi connectivity index (χ0n) is 10.1. The van der Waals surface area contributed by atoms with Crippen LogP contribution in [-0.2, 0) is 7.05 Å². The predicted molar refractivity (Wildman–Crippen MR) is 66.7 cm³/mol. The van der Waals surface area contributed by atoms with Crippen molar-refractivity contribution < 1.29 is 9.72 Å². The van der Waals surface area contributed by atoms with Crippen molar-refractivity contribution in [1.29, 1.82) is 0 Å². The Morgan fingerprint density at radius 1 is 1.28 bits per heavy atom. The first kappa shape index (κ1) is 12.0. The maximum absolute atomic E-state index is 12.3. The molecule has 5 nitrogen and oxygen atoms in total. The smallest absolute Gasteiger partial charge is 0.290 e. The average molecular weight is 244 g/mol. The Kier molecular flexibility index (Phi) is 2.97. The van der Waals surface area contributed by atoms with Gasteiger partial charge >= 0.3 is 0 Å². The first-order valence-electron chi connectivity index (χ1n) is 5.42. The lowest BCUT2D eigenvalue weighted by Crippen LogP contribution is -2.08. The van der Waals surface area contributed by atoms with Crippen LogP contribution in [0.25, 0.3) is 0 Å². The van der Waals surface area contributed by atoms with Gasteiger partial charge in [0.25, 0.3) is 5.69 Å². The van der Waals surface area contributed by atoms with E-state index in [2.05, 4.69) is 0 Å². The Labute approximate surface area is 104 Å². The molecule has 1 aromatic heterocycles. The van der Waals surface area contributed by atoms with Gasteiger partial charge < -0.3 is 4.57 Å². The molecule has 0 spiro atoms. The highest BCUT2D eigenvalue weighted by Gasteiger charge is 2.24. The Balaban J connectivity index is 2.53. The number of benzene rings is 1. The standard InChI is InChI=1S/C13H12N2O3/c1-9-11(15(17)18)8-14(2)12(9)13(16)10-6-4-3-5-7-10/h3-8H,1-2H3. The second kappa shape index (κ2) is 4.44. The summed E-state index contributed by atoms with van der Waals surface area (Å²) in [6, 6.07) is 8.73. The van der Waals surface area contributed by atoms with Crippen molar-refractivity contribution in [3.8, 4) is 0 Å². The summed E-state index contributed by atoms with van der Waals surface area (Å²) in [7, 11) is 1.64. The number of rotatable bonds is 3. The first-order valence-corrected chi connectivity index (χ1v) is 5.42. The summed E-state index contributed by atoms with van der Waals surface area (Å²) < 4.78 is 1.50. The molecule has 0 unspecified atom stereocenters. The number of nitro groups is 1. The number of aromatic nitrogens is 1. The zero-order valence-corrected chi connectivity index (χ0v) is 10.1. The lowest BCUT2D eigenvalue weighted by molar-refractivity contribution is -0.385. The molecular formula is C13H12N2O3. The Morgan fingerprint density at radius 3 is 2.39 bits per heavy atom. The Bertz CT molecular complexity index is 615. The van der Waals surface area contributed by atoms with E-state index in [1.807, 2.05) is 6.07 Å². The molecule has 0 fully saturated rings. The lowest BCUT2D eigenvalue weighted by atomic mass is 10.1. The predicted octanol–water partition coefficient (Wildman–Crippen LogP) is 2.47. The van der Waals surface area contributed by atoms with Gasteiger partial charge in [0.2, 0.25) is 5.78 Å². The quantitative estimate of drug-likeness (QED) is 0.473. The fourth-order valence-corrected chi connectivity index (χ4v) is 1.97. The number of hydrogen-bond donors (Lipinski definition) is 0. The minimum absolute atomic E-state index is 0.0308. The summed E-state index contributed by atoms with van der Waals surface area (Å²) in [4.78, 5) is 22.6. The Hall–Kier alpha value is -2.43. The topological polar surface area (TPSA) is 65.1 Å². The van der Waals surface area contributed by atoms with Gasteiger partial charge in [0, 0.05) is 12.6 Å². The minimum Gasteiger partial charge on any atom is -0.341 e. The summed E-state index contributed by atoms with van der Waals surface area (Å²) in [6.45, 7) is 1.59. The number of nitrogens with zero attached hydrogens (tertiary/aromatic N) is 2. The van der Waals surface area contributed by atoms with E-state index in [9.17, 15) is 14.9 Å². The molecule has 0 saturated heterocycles. The maximum atomic E-state index is 12.3. The highest BCUT2D eigenvalue weighted by molar-refractivity contribution is 6.09. The molecule has 0 aliphatic carbocycles. The van der Waals surface area contributed by atoms with Gasteiger partial charge in [0.15, 0.2) is 0 Å². The molecule has 1 heterocycles.